The van der Waals surface area contributed by atoms with Gasteiger partial charge in [-0.15, -0.1) is 0 Å². The highest BCUT2D eigenvalue weighted by Crippen LogP contribution is 2.60. The largest absolute Gasteiger partial charge is 0.353 e. The van der Waals surface area contributed by atoms with E-state index in [4.69, 9.17) is 20.7 Å². The minimum Gasteiger partial charge on any atom is -0.353 e. The van der Waals surface area contributed by atoms with E-state index in [1.54, 1.807) is 0 Å². The van der Waals surface area contributed by atoms with Gasteiger partial charge >= 0.3 is 0 Å². The lowest BCUT2D eigenvalue weighted by atomic mass is 10.1. The van der Waals surface area contributed by atoms with Gasteiger partial charge in [0, 0.05) is 13.2 Å². The summed E-state index contributed by atoms with van der Waals surface area (Å²) in [5.41, 5.74) is 1.37. The zero-order valence-electron chi connectivity index (χ0n) is 22.5. The van der Waals surface area contributed by atoms with Crippen molar-refractivity contribution < 1.29 is 9.47 Å². The molecule has 2 nitrogen and oxygen atoms in total. The Balaban J connectivity index is 1.43. The van der Waals surface area contributed by atoms with Crippen molar-refractivity contribution in [3.05, 3.63) is 103 Å². The van der Waals surface area contributed by atoms with Gasteiger partial charge in [0.25, 0.3) is 0 Å². The van der Waals surface area contributed by atoms with Crippen molar-refractivity contribution in [2.45, 2.75) is 71.5 Å². The van der Waals surface area contributed by atoms with Crippen molar-refractivity contribution in [2.75, 3.05) is 13.2 Å². The van der Waals surface area contributed by atoms with E-state index in [0.717, 1.165) is 32.1 Å². The Morgan fingerprint density at radius 1 is 0.649 bits per heavy atom. The van der Waals surface area contributed by atoms with Crippen LogP contribution in [0.5, 0.6) is 0 Å². The molecule has 0 saturated carbocycles. The molecule has 0 heterocycles. The number of halogens is 1. The minimum atomic E-state index is -2.16. The predicted molar refractivity (Wildman–Crippen MR) is 163 cm³/mol. The van der Waals surface area contributed by atoms with Crippen LogP contribution < -0.4 is 15.9 Å². The molecule has 0 bridgehead atoms. The zero-order valence-corrected chi connectivity index (χ0v) is 24.2. The second kappa shape index (κ2) is 16.8. The van der Waals surface area contributed by atoms with E-state index >= 15 is 0 Å². The standard InChI is InChI=1S/C33H43ClO2P/c1-3-35-33(36-4-2)24-18-10-8-6-5-7-9-13-19-29-25-27-32(28-26-29)37(34,30-20-14-11-15-21-30)31-22-16-12-17-23-31/h5,7,11-12,14-17,20-23,25-28,33H,3-4,6,8-10,13,18-19,24H2,1-2H3/q+1/b7-5+. The molecule has 198 valence electrons. The lowest BCUT2D eigenvalue weighted by molar-refractivity contribution is -0.140. The quantitative estimate of drug-likeness (QED) is 0.0745. The summed E-state index contributed by atoms with van der Waals surface area (Å²) in [6.07, 6.45) is 13.8. The third-order valence-electron chi connectivity index (χ3n) is 6.53. The average molecular weight is 538 g/mol. The first-order valence-electron chi connectivity index (χ1n) is 13.9. The lowest BCUT2D eigenvalue weighted by Gasteiger charge is -2.19. The molecule has 0 aliphatic carbocycles. The second-order valence-electron chi connectivity index (χ2n) is 9.27. The third kappa shape index (κ3) is 9.38. The number of rotatable bonds is 17. The van der Waals surface area contributed by atoms with E-state index in [2.05, 4.69) is 97.1 Å². The van der Waals surface area contributed by atoms with Crippen LogP contribution in [0.4, 0.5) is 0 Å². The molecular formula is C33H43ClO2P+. The third-order valence-corrected chi connectivity index (χ3v) is 11.3. The van der Waals surface area contributed by atoms with Gasteiger partial charge in [0.2, 0.25) is 6.62 Å². The number of benzene rings is 3. The van der Waals surface area contributed by atoms with Gasteiger partial charge in [0.15, 0.2) is 6.29 Å². The van der Waals surface area contributed by atoms with E-state index in [9.17, 15) is 0 Å². The fraction of sp³-hybridized carbons (Fsp3) is 0.394. The fourth-order valence-electron chi connectivity index (χ4n) is 4.58. The van der Waals surface area contributed by atoms with Gasteiger partial charge in [-0.05, 0) is 101 Å². The number of hydrogen-bond acceptors (Lipinski definition) is 2. The van der Waals surface area contributed by atoms with Crippen LogP contribution in [0.2, 0.25) is 0 Å². The summed E-state index contributed by atoms with van der Waals surface area (Å²) >= 11 is 7.51. The Kier molecular flexibility index (Phi) is 13.4. The number of aryl methyl sites for hydroxylation is 1. The van der Waals surface area contributed by atoms with E-state index < -0.39 is 6.62 Å². The van der Waals surface area contributed by atoms with Gasteiger partial charge in [0.1, 0.15) is 27.2 Å². The average Bonchev–Trinajstić information content (AvgIpc) is 2.95. The summed E-state index contributed by atoms with van der Waals surface area (Å²) in [5, 5.41) is 3.61. The molecule has 3 aromatic rings. The van der Waals surface area contributed by atoms with Gasteiger partial charge in [-0.3, -0.25) is 0 Å². The normalized spacial score (nSPS) is 12.0. The molecule has 4 heteroatoms. The predicted octanol–water partition coefficient (Wildman–Crippen LogP) is 8.36. The van der Waals surface area contributed by atoms with Crippen LogP contribution in [-0.4, -0.2) is 19.5 Å². The van der Waals surface area contributed by atoms with E-state index in [1.807, 2.05) is 13.8 Å². The summed E-state index contributed by atoms with van der Waals surface area (Å²) in [5.74, 6) is 0. The van der Waals surface area contributed by atoms with Crippen LogP contribution in [0.3, 0.4) is 0 Å². The zero-order chi connectivity index (χ0) is 26.2. The first-order chi connectivity index (χ1) is 18.2. The number of ether oxygens (including phenoxy) is 2. The monoisotopic (exact) mass is 537 g/mol. The molecule has 0 spiro atoms. The summed E-state index contributed by atoms with van der Waals surface area (Å²) in [6, 6.07) is 30.1. The molecule has 0 saturated heterocycles. The molecule has 0 radical (unpaired) electrons. The molecule has 0 atom stereocenters. The highest BCUT2D eigenvalue weighted by molar-refractivity contribution is 8.14. The van der Waals surface area contributed by atoms with Crippen molar-refractivity contribution in [1.82, 2.24) is 0 Å². The molecule has 0 aromatic heterocycles. The summed E-state index contributed by atoms with van der Waals surface area (Å²) < 4.78 is 11.2. The summed E-state index contributed by atoms with van der Waals surface area (Å²) in [7, 11) is 0. The van der Waals surface area contributed by atoms with Gasteiger partial charge in [-0.1, -0.05) is 67.1 Å². The topological polar surface area (TPSA) is 18.5 Å². The van der Waals surface area contributed by atoms with Gasteiger partial charge in [-0.25, -0.2) is 0 Å². The lowest BCUT2D eigenvalue weighted by Crippen LogP contribution is -2.27. The van der Waals surface area contributed by atoms with Crippen LogP contribution in [-0.2, 0) is 15.9 Å². The van der Waals surface area contributed by atoms with E-state index in [0.29, 0.717) is 13.2 Å². The maximum absolute atomic E-state index is 7.51. The molecule has 37 heavy (non-hydrogen) atoms. The SMILES string of the molecule is CCOC(CCCCC/C=C/CCCc1ccc([P+](Cl)(c2ccccc2)c2ccccc2)cc1)OCC. The van der Waals surface area contributed by atoms with Crippen LogP contribution in [0, 0.1) is 0 Å². The van der Waals surface area contributed by atoms with Crippen molar-refractivity contribution in [3.8, 4) is 0 Å². The van der Waals surface area contributed by atoms with Crippen molar-refractivity contribution in [2.24, 2.45) is 0 Å². The van der Waals surface area contributed by atoms with E-state index in [-0.39, 0.29) is 6.29 Å². The molecule has 0 aliphatic heterocycles. The van der Waals surface area contributed by atoms with Crippen molar-refractivity contribution in [1.29, 1.82) is 0 Å². The fourth-order valence-corrected chi connectivity index (χ4v) is 8.21. The first-order valence-corrected chi connectivity index (χ1v) is 16.6. The van der Waals surface area contributed by atoms with Crippen molar-refractivity contribution >= 4 is 33.8 Å². The molecule has 3 aromatic carbocycles. The van der Waals surface area contributed by atoms with Crippen LogP contribution in [0.1, 0.15) is 64.4 Å². The second-order valence-corrected chi connectivity index (χ2v) is 13.5. The maximum Gasteiger partial charge on any atom is 0.210 e. The molecule has 0 amide bonds. The highest BCUT2D eigenvalue weighted by Gasteiger charge is 2.44. The number of unbranched alkanes of at least 4 members (excludes halogenated alkanes) is 4. The van der Waals surface area contributed by atoms with Crippen molar-refractivity contribution in [3.63, 3.8) is 0 Å². The van der Waals surface area contributed by atoms with Crippen LogP contribution in [0.15, 0.2) is 97.1 Å². The van der Waals surface area contributed by atoms with Gasteiger partial charge in [-0.2, -0.15) is 0 Å². The Labute approximate surface area is 230 Å². The Bertz CT molecular complexity index is 976. The molecule has 0 N–H and O–H groups in total. The van der Waals surface area contributed by atoms with E-state index in [1.165, 1.54) is 40.7 Å². The Hall–Kier alpha value is -1.96. The summed E-state index contributed by atoms with van der Waals surface area (Å²) in [6.45, 7) is 3.31. The van der Waals surface area contributed by atoms with Gasteiger partial charge in [0.05, 0.1) is 0 Å². The molecular weight excluding hydrogens is 495 g/mol. The number of allylic oxidation sites excluding steroid dienone is 2. The Morgan fingerprint density at radius 3 is 1.70 bits per heavy atom. The smallest absolute Gasteiger partial charge is 0.210 e. The Morgan fingerprint density at radius 2 is 1.16 bits per heavy atom. The number of hydrogen-bond donors (Lipinski definition) is 0. The van der Waals surface area contributed by atoms with Crippen LogP contribution >= 0.6 is 17.9 Å². The first kappa shape index (κ1) is 29.6. The molecule has 0 aliphatic rings. The summed E-state index contributed by atoms with van der Waals surface area (Å²) in [4.78, 5) is 0. The minimum absolute atomic E-state index is 0.0287. The maximum atomic E-state index is 7.51. The van der Waals surface area contributed by atoms with Crippen LogP contribution in [0.25, 0.3) is 0 Å². The molecule has 0 unspecified atom stereocenters. The highest BCUT2D eigenvalue weighted by atomic mass is 35.7. The molecule has 0 fully saturated rings. The van der Waals surface area contributed by atoms with Gasteiger partial charge < -0.3 is 9.47 Å². The molecule has 3 rings (SSSR count).